The van der Waals surface area contributed by atoms with E-state index in [1.165, 1.54) is 0 Å². The fourth-order valence-electron chi connectivity index (χ4n) is 3.85. The molecule has 0 bridgehead atoms. The number of aromatic amines is 1. The van der Waals surface area contributed by atoms with Gasteiger partial charge in [0.25, 0.3) is 5.91 Å². The smallest absolute Gasteiger partial charge is 0.251 e. The number of rotatable bonds is 8. The number of H-pyrrole nitrogens is 1. The van der Waals surface area contributed by atoms with Crippen molar-refractivity contribution in [2.75, 3.05) is 26.2 Å². The van der Waals surface area contributed by atoms with Crippen molar-refractivity contribution in [3.05, 3.63) is 70.3 Å². The van der Waals surface area contributed by atoms with Gasteiger partial charge in [0.05, 0.1) is 21.8 Å². The average molecular weight is 489 g/mol. The molecule has 33 heavy (non-hydrogen) atoms. The predicted octanol–water partition coefficient (Wildman–Crippen LogP) is 4.02. The van der Waals surface area contributed by atoms with Crippen LogP contribution in [0, 0.1) is 0 Å². The van der Waals surface area contributed by atoms with Crippen LogP contribution in [0.15, 0.2) is 54.7 Å². The highest BCUT2D eigenvalue weighted by Crippen LogP contribution is 2.28. The minimum Gasteiger partial charge on any atom is -0.490 e. The second-order valence-electron chi connectivity index (χ2n) is 8.11. The van der Waals surface area contributed by atoms with E-state index in [1.54, 1.807) is 30.5 Å². The van der Waals surface area contributed by atoms with Gasteiger partial charge in [-0.25, -0.2) is 0 Å². The molecule has 1 aliphatic rings. The number of benzene rings is 2. The molecule has 1 aromatic heterocycles. The summed E-state index contributed by atoms with van der Waals surface area (Å²) < 4.78 is 6.01. The second-order valence-corrected chi connectivity index (χ2v) is 8.92. The Balaban J connectivity index is 1.17. The van der Waals surface area contributed by atoms with Crippen molar-refractivity contribution in [1.82, 2.24) is 20.4 Å². The first-order valence-corrected chi connectivity index (χ1v) is 11.6. The number of aliphatic hydroxyl groups excluding tert-OH is 1. The van der Waals surface area contributed by atoms with Crippen molar-refractivity contribution < 1.29 is 14.6 Å². The predicted molar refractivity (Wildman–Crippen MR) is 129 cm³/mol. The summed E-state index contributed by atoms with van der Waals surface area (Å²) in [6, 6.07) is 14.4. The van der Waals surface area contributed by atoms with Gasteiger partial charge < -0.3 is 20.1 Å². The number of nitrogens with zero attached hydrogens (tertiary/aromatic N) is 2. The van der Waals surface area contributed by atoms with Gasteiger partial charge in [0, 0.05) is 44.0 Å². The van der Waals surface area contributed by atoms with Crippen LogP contribution in [0.25, 0.3) is 11.3 Å². The highest BCUT2D eigenvalue weighted by Gasteiger charge is 2.22. The van der Waals surface area contributed by atoms with Crippen LogP contribution in [0.5, 0.6) is 5.75 Å². The molecule has 2 heterocycles. The topological polar surface area (TPSA) is 90.5 Å². The van der Waals surface area contributed by atoms with Gasteiger partial charge in [0.1, 0.15) is 11.9 Å². The Hall–Kier alpha value is -2.58. The molecule has 0 unspecified atom stereocenters. The fourth-order valence-corrected chi connectivity index (χ4v) is 4.13. The lowest BCUT2D eigenvalue weighted by molar-refractivity contribution is 0.0594. The summed E-state index contributed by atoms with van der Waals surface area (Å²) in [5.41, 5.74) is 2.39. The van der Waals surface area contributed by atoms with E-state index in [0.717, 1.165) is 37.2 Å². The fraction of sp³-hybridized carbons (Fsp3) is 0.333. The van der Waals surface area contributed by atoms with E-state index in [9.17, 15) is 9.90 Å². The van der Waals surface area contributed by atoms with Crippen LogP contribution in [-0.2, 0) is 0 Å². The van der Waals surface area contributed by atoms with Crippen molar-refractivity contribution in [1.29, 1.82) is 0 Å². The molecule has 0 spiro atoms. The molecular weight excluding hydrogens is 463 g/mol. The number of likely N-dealkylation sites (tertiary alicyclic amines) is 1. The molecular formula is C24H26Cl2N4O3. The summed E-state index contributed by atoms with van der Waals surface area (Å²) in [5.74, 6) is 0.502. The molecule has 7 nitrogen and oxygen atoms in total. The van der Waals surface area contributed by atoms with Gasteiger partial charge in [-0.2, -0.15) is 5.10 Å². The molecule has 9 heteroatoms. The SMILES string of the molecule is O=C(NC[C@@H](O)CN1CCC(Oc2ccc(Cl)c(Cl)c2)CC1)c1ccc(-c2ccn[nH]2)cc1. The van der Waals surface area contributed by atoms with Crippen LogP contribution >= 0.6 is 23.2 Å². The van der Waals surface area contributed by atoms with Crippen LogP contribution in [0.2, 0.25) is 10.0 Å². The number of aromatic nitrogens is 2. The summed E-state index contributed by atoms with van der Waals surface area (Å²) in [6.45, 7) is 2.32. The number of β-amino-alcohol motifs (C(OH)–C–C–N with tert-alkyl or cyclic N) is 1. The number of amides is 1. The van der Waals surface area contributed by atoms with Crippen LogP contribution < -0.4 is 10.1 Å². The number of halogens is 2. The van der Waals surface area contributed by atoms with E-state index in [2.05, 4.69) is 20.4 Å². The van der Waals surface area contributed by atoms with Gasteiger partial charge in [-0.15, -0.1) is 0 Å². The first-order valence-electron chi connectivity index (χ1n) is 10.9. The number of aliphatic hydroxyl groups is 1. The van der Waals surface area contributed by atoms with Crippen molar-refractivity contribution in [3.63, 3.8) is 0 Å². The van der Waals surface area contributed by atoms with Gasteiger partial charge in [0.2, 0.25) is 0 Å². The summed E-state index contributed by atoms with van der Waals surface area (Å²) in [4.78, 5) is 14.6. The Morgan fingerprint density at radius 2 is 1.91 bits per heavy atom. The number of hydrogen-bond acceptors (Lipinski definition) is 5. The Morgan fingerprint density at radius 3 is 2.58 bits per heavy atom. The zero-order valence-corrected chi connectivity index (χ0v) is 19.5. The Morgan fingerprint density at radius 1 is 1.15 bits per heavy atom. The van der Waals surface area contributed by atoms with Gasteiger partial charge in [-0.1, -0.05) is 35.3 Å². The van der Waals surface area contributed by atoms with Gasteiger partial charge >= 0.3 is 0 Å². The van der Waals surface area contributed by atoms with E-state index >= 15 is 0 Å². The highest BCUT2D eigenvalue weighted by molar-refractivity contribution is 6.42. The van der Waals surface area contributed by atoms with E-state index in [4.69, 9.17) is 27.9 Å². The van der Waals surface area contributed by atoms with Crippen LogP contribution in [-0.4, -0.2) is 64.5 Å². The third-order valence-electron chi connectivity index (χ3n) is 5.65. The number of hydrogen-bond donors (Lipinski definition) is 3. The molecule has 1 aliphatic heterocycles. The number of ether oxygens (including phenoxy) is 1. The molecule has 1 amide bonds. The number of carbonyl (C=O) groups is 1. The minimum absolute atomic E-state index is 0.0973. The van der Waals surface area contributed by atoms with Crippen molar-refractivity contribution in [2.24, 2.45) is 0 Å². The summed E-state index contributed by atoms with van der Waals surface area (Å²) >= 11 is 12.0. The van der Waals surface area contributed by atoms with E-state index in [0.29, 0.717) is 27.9 Å². The third-order valence-corrected chi connectivity index (χ3v) is 6.39. The van der Waals surface area contributed by atoms with Gasteiger partial charge in [-0.05, 0) is 48.7 Å². The molecule has 2 aromatic carbocycles. The van der Waals surface area contributed by atoms with Gasteiger partial charge in [0.15, 0.2) is 0 Å². The largest absolute Gasteiger partial charge is 0.490 e. The molecule has 1 saturated heterocycles. The number of carbonyl (C=O) groups excluding carboxylic acids is 1. The van der Waals surface area contributed by atoms with Crippen LogP contribution in [0.1, 0.15) is 23.2 Å². The van der Waals surface area contributed by atoms with Crippen molar-refractivity contribution in [3.8, 4) is 17.0 Å². The lowest BCUT2D eigenvalue weighted by Crippen LogP contribution is -2.45. The van der Waals surface area contributed by atoms with Crippen molar-refractivity contribution in [2.45, 2.75) is 25.0 Å². The highest BCUT2D eigenvalue weighted by atomic mass is 35.5. The number of nitrogens with one attached hydrogen (secondary N) is 2. The van der Waals surface area contributed by atoms with E-state index in [1.807, 2.05) is 24.3 Å². The summed E-state index contributed by atoms with van der Waals surface area (Å²) in [6.07, 6.45) is 2.83. The first-order chi connectivity index (χ1) is 16.0. The summed E-state index contributed by atoms with van der Waals surface area (Å²) in [7, 11) is 0. The third kappa shape index (κ3) is 6.48. The molecule has 0 radical (unpaired) electrons. The molecule has 4 rings (SSSR count). The number of piperidine rings is 1. The Bertz CT molecular complexity index is 1050. The molecule has 1 fully saturated rings. The lowest BCUT2D eigenvalue weighted by Gasteiger charge is -2.33. The first kappa shape index (κ1) is 23.6. The van der Waals surface area contributed by atoms with Crippen LogP contribution in [0.4, 0.5) is 0 Å². The molecule has 0 saturated carbocycles. The van der Waals surface area contributed by atoms with Crippen molar-refractivity contribution >= 4 is 29.1 Å². The van der Waals surface area contributed by atoms with Gasteiger partial charge in [-0.3, -0.25) is 9.89 Å². The maximum Gasteiger partial charge on any atom is 0.251 e. The molecule has 174 valence electrons. The molecule has 3 N–H and O–H groups in total. The zero-order chi connectivity index (χ0) is 23.2. The normalized spacial score (nSPS) is 15.8. The standard InChI is InChI=1S/C24H26Cl2N4O3/c25-21-6-5-20(13-22(21)26)33-19-8-11-30(12-9-19)15-18(31)14-27-24(32)17-3-1-16(2-4-17)23-7-10-28-29-23/h1-7,10,13,18-19,31H,8-9,11-12,14-15H2,(H,27,32)(H,28,29)/t18-/m1/s1. The quantitative estimate of drug-likeness (QED) is 0.445. The minimum atomic E-state index is -0.647. The van der Waals surface area contributed by atoms with Crippen LogP contribution in [0.3, 0.4) is 0 Å². The monoisotopic (exact) mass is 488 g/mol. The Labute approximate surface area is 202 Å². The lowest BCUT2D eigenvalue weighted by atomic mass is 10.1. The Kier molecular flexibility index (Phi) is 7.88. The molecule has 0 aliphatic carbocycles. The maximum atomic E-state index is 12.4. The molecule has 3 aromatic rings. The maximum absolute atomic E-state index is 12.4. The average Bonchev–Trinajstić information content (AvgIpc) is 3.36. The molecule has 1 atom stereocenters. The summed E-state index contributed by atoms with van der Waals surface area (Å²) in [5, 5.41) is 21.0. The van der Waals surface area contributed by atoms with E-state index < -0.39 is 6.10 Å². The van der Waals surface area contributed by atoms with E-state index in [-0.39, 0.29) is 18.6 Å². The zero-order valence-electron chi connectivity index (χ0n) is 18.0. The second kappa shape index (κ2) is 11.0.